The predicted molar refractivity (Wildman–Crippen MR) is 271 cm³/mol. The summed E-state index contributed by atoms with van der Waals surface area (Å²) in [5.74, 6) is 0. The van der Waals surface area contributed by atoms with Gasteiger partial charge in [0.15, 0.2) is 0 Å². The molecule has 0 unspecified atom stereocenters. The van der Waals surface area contributed by atoms with Crippen molar-refractivity contribution in [2.45, 2.75) is 0 Å². The van der Waals surface area contributed by atoms with E-state index in [0.29, 0.717) is 0 Å². The van der Waals surface area contributed by atoms with E-state index < -0.39 is 0 Å². The highest BCUT2D eigenvalue weighted by molar-refractivity contribution is 6.19. The van der Waals surface area contributed by atoms with E-state index in [1.165, 1.54) is 66.2 Å². The first-order chi connectivity index (χ1) is 31.8. The summed E-state index contributed by atoms with van der Waals surface area (Å²) in [5.41, 5.74) is 16.9. The Morgan fingerprint density at radius 2 is 0.719 bits per heavy atom. The minimum Gasteiger partial charge on any atom is -0.456 e. The van der Waals surface area contributed by atoms with Gasteiger partial charge in [-0.15, -0.1) is 0 Å². The van der Waals surface area contributed by atoms with Gasteiger partial charge in [-0.1, -0.05) is 200 Å². The molecule has 0 spiro atoms. The number of furan rings is 1. The highest BCUT2D eigenvalue weighted by Crippen LogP contribution is 2.52. The lowest BCUT2D eigenvalue weighted by Gasteiger charge is -2.27. The van der Waals surface area contributed by atoms with Crippen LogP contribution in [0, 0.1) is 0 Å². The molecule has 1 heterocycles. The van der Waals surface area contributed by atoms with Gasteiger partial charge in [-0.05, 0) is 114 Å². The van der Waals surface area contributed by atoms with Crippen LogP contribution in [-0.4, -0.2) is 0 Å². The number of para-hydroxylation sites is 2. The molecule has 1 aromatic heterocycles. The number of anilines is 3. The monoisotopic (exact) mass is 815 g/mol. The van der Waals surface area contributed by atoms with E-state index in [1.807, 2.05) is 12.1 Å². The first kappa shape index (κ1) is 37.3. The van der Waals surface area contributed by atoms with Gasteiger partial charge in [0.1, 0.15) is 11.2 Å². The van der Waals surface area contributed by atoms with Crippen LogP contribution in [0.3, 0.4) is 0 Å². The van der Waals surface area contributed by atoms with Gasteiger partial charge in [0, 0.05) is 33.6 Å². The third-order valence-corrected chi connectivity index (χ3v) is 12.6. The third-order valence-electron chi connectivity index (χ3n) is 12.6. The van der Waals surface area contributed by atoms with Crippen molar-refractivity contribution in [3.8, 4) is 55.6 Å². The second-order valence-electron chi connectivity index (χ2n) is 16.4. The van der Waals surface area contributed by atoms with Gasteiger partial charge >= 0.3 is 0 Å². The van der Waals surface area contributed by atoms with E-state index in [-0.39, 0.29) is 0 Å². The fraction of sp³-hybridized carbons (Fsp3) is 0. The Bertz CT molecular complexity index is 3630. The van der Waals surface area contributed by atoms with Crippen molar-refractivity contribution in [1.82, 2.24) is 0 Å². The van der Waals surface area contributed by atoms with Crippen molar-refractivity contribution in [2.75, 3.05) is 4.90 Å². The zero-order chi connectivity index (χ0) is 42.4. The molecule has 0 N–H and O–H groups in total. The molecule has 0 atom stereocenters. The molecule has 0 aliphatic heterocycles. The molecule has 12 aromatic rings. The van der Waals surface area contributed by atoms with Crippen molar-refractivity contribution in [3.05, 3.63) is 249 Å². The highest BCUT2D eigenvalue weighted by atomic mass is 16.3. The van der Waals surface area contributed by atoms with Crippen LogP contribution in [0.25, 0.3) is 99.1 Å². The lowest BCUT2D eigenvalue weighted by Crippen LogP contribution is -2.10. The zero-order valence-electron chi connectivity index (χ0n) is 35.0. The fourth-order valence-electron chi connectivity index (χ4n) is 9.84. The lowest BCUT2D eigenvalue weighted by atomic mass is 9.78. The highest BCUT2D eigenvalue weighted by Gasteiger charge is 2.25. The quantitative estimate of drug-likeness (QED) is 0.152. The van der Waals surface area contributed by atoms with Gasteiger partial charge in [-0.25, -0.2) is 0 Å². The van der Waals surface area contributed by atoms with Gasteiger partial charge in [0.2, 0.25) is 0 Å². The summed E-state index contributed by atoms with van der Waals surface area (Å²) in [6, 6.07) is 89.8. The van der Waals surface area contributed by atoms with Crippen LogP contribution in [0.5, 0.6) is 0 Å². The SMILES string of the molecule is c1ccc(-c2c(-c3ccccc3)c(-c3ccccc3)c3cc(-c4ccc(N(c5ccccc5)c5ccc6c(c5)oc5ccccc56)c5ccccc45)ccc3c2-c2ccccc2)cc1. The Morgan fingerprint density at radius 3 is 1.33 bits per heavy atom. The van der Waals surface area contributed by atoms with E-state index in [2.05, 4.69) is 241 Å². The molecule has 0 aliphatic rings. The Morgan fingerprint density at radius 1 is 0.250 bits per heavy atom. The Hall–Kier alpha value is -8.46. The van der Waals surface area contributed by atoms with E-state index in [4.69, 9.17) is 4.42 Å². The normalized spacial score (nSPS) is 11.4. The van der Waals surface area contributed by atoms with Crippen molar-refractivity contribution in [2.24, 2.45) is 0 Å². The number of hydrogen-bond acceptors (Lipinski definition) is 2. The number of rotatable bonds is 8. The average Bonchev–Trinajstić information content (AvgIpc) is 3.75. The smallest absolute Gasteiger partial charge is 0.137 e. The number of hydrogen-bond donors (Lipinski definition) is 0. The van der Waals surface area contributed by atoms with Gasteiger partial charge in [-0.2, -0.15) is 0 Å². The van der Waals surface area contributed by atoms with Gasteiger partial charge in [-0.3, -0.25) is 0 Å². The molecule has 0 fully saturated rings. The van der Waals surface area contributed by atoms with Crippen LogP contribution in [0.4, 0.5) is 17.1 Å². The Labute approximate surface area is 372 Å². The van der Waals surface area contributed by atoms with Crippen LogP contribution in [0.1, 0.15) is 0 Å². The number of benzene rings is 11. The number of nitrogens with zero attached hydrogens (tertiary/aromatic N) is 1. The topological polar surface area (TPSA) is 16.4 Å². The molecule has 12 rings (SSSR count). The molecule has 0 saturated carbocycles. The van der Waals surface area contributed by atoms with E-state index in [1.54, 1.807) is 0 Å². The maximum atomic E-state index is 6.44. The molecule has 300 valence electrons. The maximum absolute atomic E-state index is 6.44. The molecule has 0 amide bonds. The summed E-state index contributed by atoms with van der Waals surface area (Å²) in [7, 11) is 0. The molecule has 11 aromatic carbocycles. The maximum Gasteiger partial charge on any atom is 0.137 e. The van der Waals surface area contributed by atoms with Crippen LogP contribution < -0.4 is 4.90 Å². The van der Waals surface area contributed by atoms with Crippen molar-refractivity contribution < 1.29 is 4.42 Å². The first-order valence-corrected chi connectivity index (χ1v) is 21.9. The van der Waals surface area contributed by atoms with E-state index in [9.17, 15) is 0 Å². The van der Waals surface area contributed by atoms with Gasteiger partial charge in [0.05, 0.1) is 5.69 Å². The van der Waals surface area contributed by atoms with Crippen molar-refractivity contribution >= 4 is 60.5 Å². The van der Waals surface area contributed by atoms with Crippen LogP contribution in [0.2, 0.25) is 0 Å². The summed E-state index contributed by atoms with van der Waals surface area (Å²) >= 11 is 0. The summed E-state index contributed by atoms with van der Waals surface area (Å²) in [5, 5.41) is 6.99. The Balaban J connectivity index is 1.12. The average molecular weight is 816 g/mol. The molecule has 0 bridgehead atoms. The molecule has 2 heteroatoms. The fourth-order valence-corrected chi connectivity index (χ4v) is 9.84. The predicted octanol–water partition coefficient (Wildman–Crippen LogP) is 17.7. The molecule has 0 saturated heterocycles. The molecule has 64 heavy (non-hydrogen) atoms. The lowest BCUT2D eigenvalue weighted by molar-refractivity contribution is 0.669. The van der Waals surface area contributed by atoms with Crippen molar-refractivity contribution in [3.63, 3.8) is 0 Å². The summed E-state index contributed by atoms with van der Waals surface area (Å²) in [4.78, 5) is 2.36. The zero-order valence-corrected chi connectivity index (χ0v) is 35.0. The van der Waals surface area contributed by atoms with Crippen molar-refractivity contribution in [1.29, 1.82) is 0 Å². The molecule has 0 radical (unpaired) electrons. The minimum absolute atomic E-state index is 0.867. The van der Waals surface area contributed by atoms with E-state index in [0.717, 1.165) is 50.0 Å². The summed E-state index contributed by atoms with van der Waals surface area (Å²) in [6.45, 7) is 0. The molecule has 0 aliphatic carbocycles. The molecular formula is C62H41NO. The Kier molecular flexibility index (Phi) is 9.20. The first-order valence-electron chi connectivity index (χ1n) is 21.9. The van der Waals surface area contributed by atoms with Crippen LogP contribution >= 0.6 is 0 Å². The molecule has 2 nitrogen and oxygen atoms in total. The standard InChI is InChI=1S/C62H41NO/c1-6-20-42(21-7-1)59-54-36-34-46(40-55(54)60(43-22-8-2-9-23-43)62(45-26-12-4-13-27-45)61(59)44-24-10-3-11-25-44)49-38-39-56(51-31-17-16-30-50(49)51)63(47-28-14-5-15-29-47)48-35-37-53-52-32-18-19-33-57(52)64-58(53)41-48/h1-41H. The summed E-state index contributed by atoms with van der Waals surface area (Å²) in [6.07, 6.45) is 0. The largest absolute Gasteiger partial charge is 0.456 e. The van der Waals surface area contributed by atoms with Gasteiger partial charge < -0.3 is 9.32 Å². The van der Waals surface area contributed by atoms with Gasteiger partial charge in [0.25, 0.3) is 0 Å². The third kappa shape index (κ3) is 6.35. The second-order valence-corrected chi connectivity index (χ2v) is 16.4. The molecular weight excluding hydrogens is 775 g/mol. The van der Waals surface area contributed by atoms with Crippen LogP contribution in [-0.2, 0) is 0 Å². The number of fused-ring (bicyclic) bond motifs is 5. The van der Waals surface area contributed by atoms with E-state index >= 15 is 0 Å². The summed E-state index contributed by atoms with van der Waals surface area (Å²) < 4.78 is 6.44. The van der Waals surface area contributed by atoms with Crippen LogP contribution in [0.15, 0.2) is 253 Å². The minimum atomic E-state index is 0.867. The second kappa shape index (κ2) is 15.8.